The molecule has 0 aliphatic heterocycles. The van der Waals surface area contributed by atoms with Gasteiger partial charge in [0.15, 0.2) is 0 Å². The summed E-state index contributed by atoms with van der Waals surface area (Å²) in [5.74, 6) is 0.186. The third-order valence-corrected chi connectivity index (χ3v) is 3.25. The van der Waals surface area contributed by atoms with Crippen molar-refractivity contribution in [1.82, 2.24) is 19.7 Å². The van der Waals surface area contributed by atoms with Crippen LogP contribution >= 0.6 is 0 Å². The number of rotatable bonds is 1. The summed E-state index contributed by atoms with van der Waals surface area (Å²) in [6, 6.07) is 0.0596. The molecule has 0 saturated carbocycles. The van der Waals surface area contributed by atoms with Gasteiger partial charge in [-0.05, 0) is 20.8 Å². The van der Waals surface area contributed by atoms with E-state index in [0.717, 1.165) is 0 Å². The first-order valence-corrected chi connectivity index (χ1v) is 6.01. The molecule has 2 aromatic heterocycles. The third-order valence-electron chi connectivity index (χ3n) is 3.25. The summed E-state index contributed by atoms with van der Waals surface area (Å²) in [4.78, 5) is 29.1. The molecule has 0 bridgehead atoms. The Morgan fingerprint density at radius 2 is 1.63 bits per heavy atom. The lowest BCUT2D eigenvalue weighted by Gasteiger charge is -2.17. The molecule has 19 heavy (non-hydrogen) atoms. The van der Waals surface area contributed by atoms with Gasteiger partial charge in [0, 0.05) is 6.04 Å². The highest BCUT2D eigenvalue weighted by Gasteiger charge is 2.36. The molecule has 0 amide bonds. The van der Waals surface area contributed by atoms with Crippen molar-refractivity contribution in [3.8, 4) is 0 Å². The van der Waals surface area contributed by atoms with E-state index in [1.54, 1.807) is 11.5 Å². The van der Waals surface area contributed by atoms with Crippen molar-refractivity contribution in [3.63, 3.8) is 0 Å². The molecule has 6 heteroatoms. The van der Waals surface area contributed by atoms with Crippen molar-refractivity contribution >= 4 is 11.6 Å². The number of aryl methyl sites for hydroxylation is 1. The lowest BCUT2D eigenvalue weighted by Crippen LogP contribution is -2.24. The topological polar surface area (TPSA) is 77.7 Å². The Morgan fingerprint density at radius 3 is 2.21 bits per heavy atom. The van der Waals surface area contributed by atoms with Crippen molar-refractivity contribution in [2.45, 2.75) is 26.8 Å². The normalized spacial score (nSPS) is 13.7. The van der Waals surface area contributed by atoms with Gasteiger partial charge >= 0.3 is 0 Å². The maximum absolute atomic E-state index is 12.5. The zero-order valence-corrected chi connectivity index (χ0v) is 10.8. The number of hydrogen-bond acceptors (Lipinski definition) is 5. The Morgan fingerprint density at radius 1 is 1.05 bits per heavy atom. The molecule has 0 saturated heterocycles. The molecule has 2 heterocycles. The summed E-state index contributed by atoms with van der Waals surface area (Å²) < 4.78 is 1.79. The van der Waals surface area contributed by atoms with Crippen molar-refractivity contribution in [1.29, 1.82) is 0 Å². The molecule has 0 fully saturated rings. The molecule has 0 unspecified atom stereocenters. The molecule has 0 radical (unpaired) electrons. The maximum atomic E-state index is 12.5. The van der Waals surface area contributed by atoms with Gasteiger partial charge in [-0.1, -0.05) is 0 Å². The molecule has 1 aliphatic rings. The lowest BCUT2D eigenvalue weighted by molar-refractivity contribution is 0.0969. The number of hydrogen-bond donors (Lipinski definition) is 0. The van der Waals surface area contributed by atoms with E-state index in [2.05, 4.69) is 15.2 Å². The molecule has 0 atom stereocenters. The summed E-state index contributed by atoms with van der Waals surface area (Å²) in [5, 5.41) is 7.35. The first-order valence-electron chi connectivity index (χ1n) is 6.01. The summed E-state index contributed by atoms with van der Waals surface area (Å²) >= 11 is 0. The summed E-state index contributed by atoms with van der Waals surface area (Å²) in [5.41, 5.74) is 1.16. The highest BCUT2D eigenvalue weighted by atomic mass is 16.1. The molecule has 0 N–H and O–H groups in total. The van der Waals surface area contributed by atoms with Gasteiger partial charge in [-0.2, -0.15) is 10.2 Å². The summed E-state index contributed by atoms with van der Waals surface area (Å²) in [6.07, 6.45) is 2.66. The van der Waals surface area contributed by atoms with Gasteiger partial charge in [-0.15, -0.1) is 0 Å². The molecule has 1 aliphatic carbocycles. The molecular formula is C13H12N4O2. The Hall–Kier alpha value is -2.37. The van der Waals surface area contributed by atoms with Crippen LogP contribution in [0, 0.1) is 6.92 Å². The van der Waals surface area contributed by atoms with Crippen LogP contribution in [0.5, 0.6) is 0 Å². The quantitative estimate of drug-likeness (QED) is 0.656. The average Bonchev–Trinajstić information content (AvgIpc) is 2.74. The zero-order valence-electron chi connectivity index (χ0n) is 10.8. The molecule has 0 spiro atoms. The fourth-order valence-electron chi connectivity index (χ4n) is 2.49. The predicted molar refractivity (Wildman–Crippen MR) is 66.2 cm³/mol. The minimum Gasteiger partial charge on any atom is -0.322 e. The van der Waals surface area contributed by atoms with Crippen molar-refractivity contribution in [2.24, 2.45) is 0 Å². The number of ketones is 2. The first-order chi connectivity index (χ1) is 9.02. The maximum Gasteiger partial charge on any atom is 0.216 e. The Labute approximate surface area is 109 Å². The van der Waals surface area contributed by atoms with Crippen LogP contribution in [0.1, 0.15) is 57.8 Å². The first kappa shape index (κ1) is 11.7. The highest BCUT2D eigenvalue weighted by molar-refractivity contribution is 6.26. The van der Waals surface area contributed by atoms with Crippen LogP contribution in [0.3, 0.4) is 0 Å². The van der Waals surface area contributed by atoms with Crippen LogP contribution in [-0.2, 0) is 0 Å². The molecular weight excluding hydrogens is 244 g/mol. The number of aromatic nitrogens is 4. The van der Waals surface area contributed by atoms with Crippen LogP contribution in [0.2, 0.25) is 0 Å². The number of carbonyl (C=O) groups is 2. The Bertz CT molecular complexity index is 715. The van der Waals surface area contributed by atoms with Gasteiger partial charge < -0.3 is 4.57 Å². The summed E-state index contributed by atoms with van der Waals surface area (Å²) in [7, 11) is 0. The number of fused-ring (bicyclic) bond motifs is 2. The standard InChI is InChI=1S/C13H12N4O2/c1-6(2)17-7(3)16-10-11(17)13(19)9-5-15-14-4-8(9)12(10)18/h4-6H,1-3H3. The van der Waals surface area contributed by atoms with E-state index in [4.69, 9.17) is 0 Å². The number of nitrogens with zero attached hydrogens (tertiary/aromatic N) is 4. The van der Waals surface area contributed by atoms with E-state index >= 15 is 0 Å². The van der Waals surface area contributed by atoms with E-state index in [-0.39, 0.29) is 28.9 Å². The van der Waals surface area contributed by atoms with E-state index in [9.17, 15) is 9.59 Å². The molecule has 0 aromatic carbocycles. The SMILES string of the molecule is Cc1nc2c(n1C(C)C)C(=O)c1cnncc1C2=O. The molecule has 6 nitrogen and oxygen atoms in total. The van der Waals surface area contributed by atoms with Crippen LogP contribution in [-0.4, -0.2) is 31.3 Å². The fraction of sp³-hybridized carbons (Fsp3) is 0.308. The van der Waals surface area contributed by atoms with Gasteiger partial charge in [0.25, 0.3) is 0 Å². The van der Waals surface area contributed by atoms with E-state index < -0.39 is 0 Å². The van der Waals surface area contributed by atoms with Crippen LogP contribution in [0.25, 0.3) is 0 Å². The van der Waals surface area contributed by atoms with Crippen molar-refractivity contribution in [2.75, 3.05) is 0 Å². The largest absolute Gasteiger partial charge is 0.322 e. The van der Waals surface area contributed by atoms with Gasteiger partial charge in [0.05, 0.1) is 23.5 Å². The van der Waals surface area contributed by atoms with Gasteiger partial charge in [0.2, 0.25) is 11.6 Å². The van der Waals surface area contributed by atoms with Crippen molar-refractivity contribution < 1.29 is 9.59 Å². The summed E-state index contributed by atoms with van der Waals surface area (Å²) in [6.45, 7) is 5.69. The second-order valence-electron chi connectivity index (χ2n) is 4.79. The van der Waals surface area contributed by atoms with E-state index in [1.807, 2.05) is 13.8 Å². The molecule has 2 aromatic rings. The minimum absolute atomic E-state index is 0.0596. The highest BCUT2D eigenvalue weighted by Crippen LogP contribution is 2.28. The smallest absolute Gasteiger partial charge is 0.216 e. The van der Waals surface area contributed by atoms with Gasteiger partial charge in [-0.3, -0.25) is 9.59 Å². The van der Waals surface area contributed by atoms with Gasteiger partial charge in [-0.25, -0.2) is 4.98 Å². The monoisotopic (exact) mass is 256 g/mol. The predicted octanol–water partition coefficient (Wildman–Crippen LogP) is 1.34. The lowest BCUT2D eigenvalue weighted by atomic mass is 9.92. The minimum atomic E-state index is -0.262. The van der Waals surface area contributed by atoms with Crippen LogP contribution in [0.4, 0.5) is 0 Å². The van der Waals surface area contributed by atoms with Crippen molar-refractivity contribution in [3.05, 3.63) is 40.7 Å². The van der Waals surface area contributed by atoms with Crippen LogP contribution in [0.15, 0.2) is 12.4 Å². The third kappa shape index (κ3) is 1.46. The number of imidazole rings is 1. The van der Waals surface area contributed by atoms with E-state index in [0.29, 0.717) is 17.1 Å². The zero-order chi connectivity index (χ0) is 13.7. The van der Waals surface area contributed by atoms with Crippen LogP contribution < -0.4 is 0 Å². The Balaban J connectivity index is 2.34. The Kier molecular flexibility index (Phi) is 2.35. The van der Waals surface area contributed by atoms with Gasteiger partial charge in [0.1, 0.15) is 17.2 Å². The van der Waals surface area contributed by atoms with E-state index in [1.165, 1.54) is 12.4 Å². The second-order valence-corrected chi connectivity index (χ2v) is 4.79. The second kappa shape index (κ2) is 3.81. The molecule has 3 rings (SSSR count). The number of carbonyl (C=O) groups excluding carboxylic acids is 2. The fourth-order valence-corrected chi connectivity index (χ4v) is 2.49. The molecule has 96 valence electrons. The average molecular weight is 256 g/mol.